The van der Waals surface area contributed by atoms with Crippen molar-refractivity contribution < 1.29 is 19.4 Å². The van der Waals surface area contributed by atoms with E-state index in [2.05, 4.69) is 35.6 Å². The molecule has 0 saturated carbocycles. The van der Waals surface area contributed by atoms with E-state index in [4.69, 9.17) is 4.74 Å². The second kappa shape index (κ2) is 12.6. The Kier molecular flexibility index (Phi) is 9.77. The zero-order valence-corrected chi connectivity index (χ0v) is 22.7. The summed E-state index contributed by atoms with van der Waals surface area (Å²) in [6.07, 6.45) is 7.94. The number of ether oxygens (including phenoxy) is 1. The molecule has 0 fully saturated rings. The molecule has 6 heteroatoms. The van der Waals surface area contributed by atoms with Crippen molar-refractivity contribution in [3.8, 4) is 5.75 Å². The van der Waals surface area contributed by atoms with Crippen molar-refractivity contribution in [2.75, 3.05) is 13.8 Å². The molecule has 1 aliphatic heterocycles. The summed E-state index contributed by atoms with van der Waals surface area (Å²) in [5.41, 5.74) is 1.97. The molecule has 1 heterocycles. The maximum Gasteiger partial charge on any atom is 0.247 e. The van der Waals surface area contributed by atoms with Gasteiger partial charge < -0.3 is 20.1 Å². The van der Waals surface area contributed by atoms with Gasteiger partial charge in [-0.25, -0.2) is 0 Å². The predicted molar refractivity (Wildman–Crippen MR) is 145 cm³/mol. The fourth-order valence-corrected chi connectivity index (χ4v) is 5.05. The first-order valence-corrected chi connectivity index (χ1v) is 13.4. The third kappa shape index (κ3) is 7.22. The number of rotatable bonds is 2. The normalized spacial score (nSPS) is 21.6. The third-order valence-corrected chi connectivity index (χ3v) is 7.39. The Balaban J connectivity index is 1.89. The van der Waals surface area contributed by atoms with Gasteiger partial charge in [-0.2, -0.15) is 0 Å². The van der Waals surface area contributed by atoms with Gasteiger partial charge in [-0.3, -0.25) is 9.59 Å². The van der Waals surface area contributed by atoms with Crippen LogP contribution in [0.5, 0.6) is 5.75 Å². The lowest BCUT2D eigenvalue weighted by Crippen LogP contribution is -2.56. The second-order valence-corrected chi connectivity index (χ2v) is 11.3. The van der Waals surface area contributed by atoms with Gasteiger partial charge in [0.15, 0.2) is 0 Å². The van der Waals surface area contributed by atoms with Crippen molar-refractivity contribution in [1.29, 1.82) is 0 Å². The van der Waals surface area contributed by atoms with E-state index in [1.807, 2.05) is 27.7 Å². The zero-order valence-electron chi connectivity index (χ0n) is 22.7. The van der Waals surface area contributed by atoms with E-state index < -0.39 is 11.5 Å². The Morgan fingerprint density at radius 1 is 0.972 bits per heavy atom. The van der Waals surface area contributed by atoms with E-state index in [1.54, 1.807) is 7.11 Å². The molecule has 0 radical (unpaired) electrons. The molecule has 0 aliphatic carbocycles. The molecule has 0 unspecified atom stereocenters. The van der Waals surface area contributed by atoms with Crippen molar-refractivity contribution in [1.82, 2.24) is 10.2 Å². The first-order chi connectivity index (χ1) is 17.1. The van der Waals surface area contributed by atoms with Crippen LogP contribution in [-0.2, 0) is 22.4 Å². The van der Waals surface area contributed by atoms with Crippen molar-refractivity contribution in [2.24, 2.45) is 5.41 Å². The van der Waals surface area contributed by atoms with E-state index in [-0.39, 0.29) is 24.6 Å². The summed E-state index contributed by atoms with van der Waals surface area (Å²) >= 11 is 0. The van der Waals surface area contributed by atoms with E-state index in [0.717, 1.165) is 56.1 Å². The topological polar surface area (TPSA) is 78.9 Å². The lowest BCUT2D eigenvalue weighted by Gasteiger charge is -2.37. The number of amides is 2. The Labute approximate surface area is 216 Å². The number of aliphatic hydroxyl groups excluding tert-OH is 1. The van der Waals surface area contributed by atoms with Crippen LogP contribution in [0.3, 0.4) is 0 Å². The molecule has 0 aromatic heterocycles. The van der Waals surface area contributed by atoms with Crippen LogP contribution in [0.1, 0.15) is 83.8 Å². The number of aryl methyl sites for hydroxylation is 2. The predicted octanol–water partition coefficient (Wildman–Crippen LogP) is 5.38. The number of hydrogen-bond donors (Lipinski definition) is 2. The van der Waals surface area contributed by atoms with Crippen LogP contribution in [0.4, 0.5) is 0 Å². The van der Waals surface area contributed by atoms with Gasteiger partial charge in [0.2, 0.25) is 11.8 Å². The lowest BCUT2D eigenvalue weighted by molar-refractivity contribution is -0.145. The standard InChI is InChI=1S/C30H44N2O4/c1-21-13-14-22-15-16-23-19-26(36-5)24(18-25(23)17-22)11-9-7-6-8-10-12-27(34)31-28(30(2,3)4)29(35)32(21)20-33/h15-19,21,28,33H,6-14,20H2,1-5H3,(H,31,34)/t21-,28-/m1/s1. The first-order valence-electron chi connectivity index (χ1n) is 13.4. The molecule has 2 atom stereocenters. The van der Waals surface area contributed by atoms with Gasteiger partial charge in [0, 0.05) is 12.5 Å². The van der Waals surface area contributed by atoms with Gasteiger partial charge in [0.05, 0.1) is 7.11 Å². The molecule has 3 bridgehead atoms. The van der Waals surface area contributed by atoms with E-state index in [1.165, 1.54) is 21.4 Å². The first kappa shape index (κ1) is 28.0. The number of methoxy groups -OCH3 is 1. The molecular weight excluding hydrogens is 452 g/mol. The monoisotopic (exact) mass is 496 g/mol. The van der Waals surface area contributed by atoms with Crippen LogP contribution in [0.2, 0.25) is 0 Å². The number of fused-ring (bicyclic) bond motifs is 2. The summed E-state index contributed by atoms with van der Waals surface area (Å²) in [5, 5.41) is 15.5. The van der Waals surface area contributed by atoms with Crippen LogP contribution in [0, 0.1) is 5.41 Å². The zero-order chi connectivity index (χ0) is 26.3. The van der Waals surface area contributed by atoms with Crippen molar-refractivity contribution in [2.45, 2.75) is 97.6 Å². The van der Waals surface area contributed by atoms with E-state index in [9.17, 15) is 14.7 Å². The van der Waals surface area contributed by atoms with Crippen molar-refractivity contribution in [3.63, 3.8) is 0 Å². The minimum absolute atomic E-state index is 0.0990. The smallest absolute Gasteiger partial charge is 0.247 e. The van der Waals surface area contributed by atoms with Gasteiger partial charge in [-0.1, -0.05) is 58.2 Å². The molecule has 0 saturated heterocycles. The maximum absolute atomic E-state index is 13.5. The Hall–Kier alpha value is -2.60. The third-order valence-electron chi connectivity index (χ3n) is 7.39. The molecule has 2 amide bonds. The average Bonchev–Trinajstić information content (AvgIpc) is 2.83. The molecule has 0 spiro atoms. The van der Waals surface area contributed by atoms with E-state index in [0.29, 0.717) is 12.8 Å². The van der Waals surface area contributed by atoms with E-state index >= 15 is 0 Å². The molecule has 3 rings (SSSR count). The summed E-state index contributed by atoms with van der Waals surface area (Å²) in [5.74, 6) is 0.613. The van der Waals surface area contributed by atoms with Gasteiger partial charge in [0.25, 0.3) is 0 Å². The summed E-state index contributed by atoms with van der Waals surface area (Å²) in [7, 11) is 1.73. The number of carbonyl (C=O) groups excluding carboxylic acids is 2. The SMILES string of the molecule is COc1cc2ccc3cc2cc1CCCCCCCC(=O)N[C@@H](C(C)(C)C)C(=O)N(CO)[C@H](C)CC3. The minimum Gasteiger partial charge on any atom is -0.496 e. The Morgan fingerprint density at radius 2 is 1.67 bits per heavy atom. The Morgan fingerprint density at radius 3 is 2.33 bits per heavy atom. The molecule has 1 aliphatic rings. The van der Waals surface area contributed by atoms with Crippen LogP contribution in [0.15, 0.2) is 30.3 Å². The van der Waals surface area contributed by atoms with Gasteiger partial charge >= 0.3 is 0 Å². The number of benzene rings is 2. The highest BCUT2D eigenvalue weighted by atomic mass is 16.5. The number of aliphatic hydroxyl groups is 1. The highest BCUT2D eigenvalue weighted by molar-refractivity contribution is 5.88. The summed E-state index contributed by atoms with van der Waals surface area (Å²) < 4.78 is 5.68. The van der Waals surface area contributed by atoms with Crippen molar-refractivity contribution >= 4 is 22.6 Å². The largest absolute Gasteiger partial charge is 0.496 e. The molecule has 198 valence electrons. The summed E-state index contributed by atoms with van der Waals surface area (Å²) in [6.45, 7) is 7.45. The molecule has 6 nitrogen and oxygen atoms in total. The van der Waals surface area contributed by atoms with Crippen LogP contribution in [-0.4, -0.2) is 47.7 Å². The number of nitrogens with one attached hydrogen (secondary N) is 1. The molecule has 36 heavy (non-hydrogen) atoms. The average molecular weight is 497 g/mol. The van der Waals surface area contributed by atoms with Crippen LogP contribution < -0.4 is 10.1 Å². The fraction of sp³-hybridized carbons (Fsp3) is 0.600. The fourth-order valence-electron chi connectivity index (χ4n) is 5.05. The quantitative estimate of drug-likeness (QED) is 0.585. The minimum atomic E-state index is -0.681. The van der Waals surface area contributed by atoms with Gasteiger partial charge in [0.1, 0.15) is 18.5 Å². The molecule has 2 aromatic rings. The highest BCUT2D eigenvalue weighted by Crippen LogP contribution is 2.29. The molecule has 2 N–H and O–H groups in total. The number of hydrogen-bond acceptors (Lipinski definition) is 4. The summed E-state index contributed by atoms with van der Waals surface area (Å²) in [4.78, 5) is 27.7. The molecular formula is C30H44N2O4. The number of nitrogens with zero attached hydrogens (tertiary/aromatic N) is 1. The Bertz CT molecular complexity index is 1040. The van der Waals surface area contributed by atoms with Gasteiger partial charge in [-0.15, -0.1) is 0 Å². The maximum atomic E-state index is 13.5. The van der Waals surface area contributed by atoms with Gasteiger partial charge in [-0.05, 0) is 78.5 Å². The van der Waals surface area contributed by atoms with Crippen molar-refractivity contribution in [3.05, 3.63) is 41.5 Å². The second-order valence-electron chi connectivity index (χ2n) is 11.3. The van der Waals surface area contributed by atoms with Crippen LogP contribution >= 0.6 is 0 Å². The highest BCUT2D eigenvalue weighted by Gasteiger charge is 2.36. The number of carbonyl (C=O) groups is 2. The summed E-state index contributed by atoms with van der Waals surface area (Å²) in [6, 6.07) is 10.0. The molecule has 2 aromatic carbocycles. The lowest BCUT2D eigenvalue weighted by atomic mass is 9.85. The van der Waals surface area contributed by atoms with Crippen LogP contribution in [0.25, 0.3) is 10.8 Å².